The highest BCUT2D eigenvalue weighted by Crippen LogP contribution is 2.48. The standard InChI is InChI=1S/C18H34O2/c1-5-6-7-8-9-10-11-17(14-19)18(20-4)15(2)12-13-16(18)3/h14-17H,5-13H2,1-4H3. The van der Waals surface area contributed by atoms with Crippen molar-refractivity contribution in [1.29, 1.82) is 0 Å². The van der Waals surface area contributed by atoms with Gasteiger partial charge in [-0.3, -0.25) is 0 Å². The van der Waals surface area contributed by atoms with Gasteiger partial charge in [-0.05, 0) is 31.1 Å². The Morgan fingerprint density at radius 1 is 1.10 bits per heavy atom. The van der Waals surface area contributed by atoms with Gasteiger partial charge in [0, 0.05) is 13.0 Å². The molecule has 3 unspecified atom stereocenters. The SMILES string of the molecule is CCCCCCCCC(C=O)C1(OC)C(C)CCC1C. The van der Waals surface area contributed by atoms with Crippen molar-refractivity contribution >= 4 is 6.29 Å². The van der Waals surface area contributed by atoms with Crippen molar-refractivity contribution in [3.8, 4) is 0 Å². The maximum absolute atomic E-state index is 11.6. The van der Waals surface area contributed by atoms with Gasteiger partial charge in [-0.1, -0.05) is 59.3 Å². The molecule has 118 valence electrons. The maximum atomic E-state index is 11.6. The molecule has 0 spiro atoms. The molecule has 2 heteroatoms. The van der Waals surface area contributed by atoms with Gasteiger partial charge in [0.1, 0.15) is 6.29 Å². The Bertz CT molecular complexity index is 265. The first kappa shape index (κ1) is 17.7. The second-order valence-corrected chi connectivity index (χ2v) is 6.74. The largest absolute Gasteiger partial charge is 0.377 e. The fraction of sp³-hybridized carbons (Fsp3) is 0.944. The maximum Gasteiger partial charge on any atom is 0.125 e. The lowest BCUT2D eigenvalue weighted by Crippen LogP contribution is -2.47. The molecule has 1 aliphatic carbocycles. The second-order valence-electron chi connectivity index (χ2n) is 6.74. The Morgan fingerprint density at radius 3 is 2.15 bits per heavy atom. The third kappa shape index (κ3) is 3.84. The summed E-state index contributed by atoms with van der Waals surface area (Å²) in [6.45, 7) is 6.75. The normalized spacial score (nSPS) is 31.4. The van der Waals surface area contributed by atoms with E-state index in [1.54, 1.807) is 7.11 Å². The summed E-state index contributed by atoms with van der Waals surface area (Å²) in [5.74, 6) is 1.07. The van der Waals surface area contributed by atoms with E-state index in [0.717, 1.165) is 12.8 Å². The van der Waals surface area contributed by atoms with E-state index in [1.165, 1.54) is 51.2 Å². The number of unbranched alkanes of at least 4 members (excludes halogenated alkanes) is 5. The van der Waals surface area contributed by atoms with Crippen LogP contribution in [0.2, 0.25) is 0 Å². The minimum absolute atomic E-state index is 0.0752. The van der Waals surface area contributed by atoms with Crippen LogP contribution in [0.4, 0.5) is 0 Å². The molecule has 0 heterocycles. The molecule has 0 radical (unpaired) electrons. The number of carbonyl (C=O) groups is 1. The number of methoxy groups -OCH3 is 1. The minimum atomic E-state index is -0.203. The highest BCUT2D eigenvalue weighted by Gasteiger charge is 2.51. The van der Waals surface area contributed by atoms with Gasteiger partial charge in [0.2, 0.25) is 0 Å². The van der Waals surface area contributed by atoms with Crippen LogP contribution in [0.5, 0.6) is 0 Å². The summed E-state index contributed by atoms with van der Waals surface area (Å²) in [6.07, 6.45) is 12.3. The van der Waals surface area contributed by atoms with Gasteiger partial charge in [-0.2, -0.15) is 0 Å². The highest BCUT2D eigenvalue weighted by molar-refractivity contribution is 5.56. The molecule has 0 aromatic heterocycles. The molecule has 3 atom stereocenters. The molecule has 20 heavy (non-hydrogen) atoms. The van der Waals surface area contributed by atoms with Crippen molar-refractivity contribution in [2.24, 2.45) is 17.8 Å². The van der Waals surface area contributed by atoms with Crippen molar-refractivity contribution in [2.75, 3.05) is 7.11 Å². The predicted molar refractivity (Wildman–Crippen MR) is 84.8 cm³/mol. The van der Waals surface area contributed by atoms with Gasteiger partial charge < -0.3 is 9.53 Å². The Hall–Kier alpha value is -0.370. The lowest BCUT2D eigenvalue weighted by molar-refractivity contribution is -0.137. The smallest absolute Gasteiger partial charge is 0.125 e. The number of carbonyl (C=O) groups excluding carboxylic acids is 1. The summed E-state index contributed by atoms with van der Waals surface area (Å²) in [6, 6.07) is 0. The van der Waals surface area contributed by atoms with Crippen LogP contribution in [0.1, 0.15) is 78.6 Å². The van der Waals surface area contributed by atoms with E-state index in [1.807, 2.05) is 0 Å². The fourth-order valence-corrected chi connectivity index (χ4v) is 4.27. The van der Waals surface area contributed by atoms with Gasteiger partial charge >= 0.3 is 0 Å². The van der Waals surface area contributed by atoms with Crippen LogP contribution in [0.3, 0.4) is 0 Å². The Kier molecular flexibility index (Phi) is 7.79. The number of aldehydes is 1. The fourth-order valence-electron chi connectivity index (χ4n) is 4.27. The molecule has 0 amide bonds. The molecule has 2 nitrogen and oxygen atoms in total. The zero-order valence-electron chi connectivity index (χ0n) is 14.0. The number of hydrogen-bond acceptors (Lipinski definition) is 2. The summed E-state index contributed by atoms with van der Waals surface area (Å²) in [7, 11) is 1.80. The predicted octanol–water partition coefficient (Wildman–Crippen LogP) is 5.00. The van der Waals surface area contributed by atoms with Gasteiger partial charge in [-0.15, -0.1) is 0 Å². The molecule has 0 aromatic carbocycles. The second kappa shape index (κ2) is 8.81. The molecule has 1 rings (SSSR count). The summed E-state index contributed by atoms with van der Waals surface area (Å²) < 4.78 is 5.94. The molecule has 0 aromatic rings. The zero-order valence-corrected chi connectivity index (χ0v) is 14.0. The number of hydrogen-bond donors (Lipinski definition) is 0. The molecular weight excluding hydrogens is 248 g/mol. The molecule has 1 saturated carbocycles. The topological polar surface area (TPSA) is 26.3 Å². The van der Waals surface area contributed by atoms with Gasteiger partial charge in [-0.25, -0.2) is 0 Å². The third-order valence-corrected chi connectivity index (χ3v) is 5.54. The average molecular weight is 282 g/mol. The van der Waals surface area contributed by atoms with Crippen molar-refractivity contribution in [2.45, 2.75) is 84.2 Å². The van der Waals surface area contributed by atoms with Crippen LogP contribution in [0.25, 0.3) is 0 Å². The average Bonchev–Trinajstić information content (AvgIpc) is 2.75. The summed E-state index contributed by atoms with van der Waals surface area (Å²) in [4.78, 5) is 11.6. The molecule has 0 bridgehead atoms. The van der Waals surface area contributed by atoms with Crippen molar-refractivity contribution in [3.05, 3.63) is 0 Å². The molecule has 1 aliphatic rings. The first-order chi connectivity index (χ1) is 9.63. The zero-order chi connectivity index (χ0) is 15.0. The van der Waals surface area contributed by atoms with E-state index in [2.05, 4.69) is 20.8 Å². The van der Waals surface area contributed by atoms with Gasteiger partial charge in [0.25, 0.3) is 0 Å². The van der Waals surface area contributed by atoms with Crippen LogP contribution in [0, 0.1) is 17.8 Å². The quantitative estimate of drug-likeness (QED) is 0.416. The minimum Gasteiger partial charge on any atom is -0.377 e. The van der Waals surface area contributed by atoms with E-state index < -0.39 is 0 Å². The van der Waals surface area contributed by atoms with E-state index in [9.17, 15) is 4.79 Å². The van der Waals surface area contributed by atoms with Crippen molar-refractivity contribution < 1.29 is 9.53 Å². The van der Waals surface area contributed by atoms with Crippen LogP contribution >= 0.6 is 0 Å². The molecule has 0 saturated heterocycles. The first-order valence-corrected chi connectivity index (χ1v) is 8.63. The molecular formula is C18H34O2. The molecule has 0 N–H and O–H groups in total. The number of ether oxygens (including phenoxy) is 1. The highest BCUT2D eigenvalue weighted by atomic mass is 16.5. The monoisotopic (exact) mass is 282 g/mol. The Morgan fingerprint density at radius 2 is 1.65 bits per heavy atom. The lowest BCUT2D eigenvalue weighted by Gasteiger charge is -2.41. The molecule has 1 fully saturated rings. The van der Waals surface area contributed by atoms with Gasteiger partial charge in [0.15, 0.2) is 0 Å². The summed E-state index contributed by atoms with van der Waals surface area (Å²) in [5, 5.41) is 0. The van der Waals surface area contributed by atoms with Crippen LogP contribution in [0.15, 0.2) is 0 Å². The van der Waals surface area contributed by atoms with E-state index in [0.29, 0.717) is 11.8 Å². The van der Waals surface area contributed by atoms with Crippen LogP contribution in [-0.2, 0) is 9.53 Å². The van der Waals surface area contributed by atoms with E-state index >= 15 is 0 Å². The third-order valence-electron chi connectivity index (χ3n) is 5.54. The number of rotatable bonds is 10. The first-order valence-electron chi connectivity index (χ1n) is 8.63. The van der Waals surface area contributed by atoms with Gasteiger partial charge in [0.05, 0.1) is 5.60 Å². The summed E-state index contributed by atoms with van der Waals surface area (Å²) in [5.41, 5.74) is -0.203. The Balaban J connectivity index is 2.49. The van der Waals surface area contributed by atoms with E-state index in [4.69, 9.17) is 4.74 Å². The van der Waals surface area contributed by atoms with Crippen molar-refractivity contribution in [1.82, 2.24) is 0 Å². The van der Waals surface area contributed by atoms with Crippen molar-refractivity contribution in [3.63, 3.8) is 0 Å². The lowest BCUT2D eigenvalue weighted by atomic mass is 9.73. The van der Waals surface area contributed by atoms with E-state index in [-0.39, 0.29) is 11.5 Å². The van der Waals surface area contributed by atoms with Crippen LogP contribution in [-0.4, -0.2) is 19.0 Å². The Labute approximate surface area is 125 Å². The van der Waals surface area contributed by atoms with Crippen LogP contribution < -0.4 is 0 Å². The molecule has 0 aliphatic heterocycles. The summed E-state index contributed by atoms with van der Waals surface area (Å²) >= 11 is 0.